The molecular weight excluding hydrogens is 431 g/mol. The van der Waals surface area contributed by atoms with Gasteiger partial charge in [-0.3, -0.25) is 9.59 Å². The number of rotatable bonds is 4. The normalized spacial score (nSPS) is 11.3. The van der Waals surface area contributed by atoms with E-state index in [1.54, 1.807) is 76.5 Å². The van der Waals surface area contributed by atoms with Crippen LogP contribution in [0.4, 0.5) is 10.1 Å². The minimum absolute atomic E-state index is 0.0396. The minimum atomic E-state index is -0.759. The predicted octanol–water partition coefficient (Wildman–Crippen LogP) is 5.10. The monoisotopic (exact) mass is 454 g/mol. The molecule has 170 valence electrons. The van der Waals surface area contributed by atoms with Gasteiger partial charge in [-0.05, 0) is 79.4 Å². The second-order valence-electron chi connectivity index (χ2n) is 8.79. The number of hydrogen-bond donors (Lipinski definition) is 1. The lowest BCUT2D eigenvalue weighted by Crippen LogP contribution is -2.18. The topological polar surface area (TPSA) is 87.8 Å². The summed E-state index contributed by atoms with van der Waals surface area (Å²) in [6.45, 7) is 5.32. The molecule has 0 saturated heterocycles. The molecule has 0 fully saturated rings. The molecule has 1 aromatic heterocycles. The van der Waals surface area contributed by atoms with E-state index in [4.69, 9.17) is 0 Å². The Bertz CT molecular complexity index is 1550. The highest BCUT2D eigenvalue weighted by atomic mass is 19.1. The number of aromatic nitrogens is 2. The van der Waals surface area contributed by atoms with Crippen molar-refractivity contribution in [2.45, 2.75) is 26.2 Å². The summed E-state index contributed by atoms with van der Waals surface area (Å²) in [7, 11) is 1.59. The van der Waals surface area contributed by atoms with Crippen LogP contribution in [-0.2, 0) is 12.5 Å². The molecule has 34 heavy (non-hydrogen) atoms. The highest BCUT2D eigenvalue weighted by molar-refractivity contribution is 6.05. The standard InChI is InChI=1S/C27H23FN4O2/c1-16-10-23(28)24(31-25(33)18-6-5-7-20(12-18)27(2,3)15-29)13-22(16)17-8-9-21-19(11-17)14-30-32(4)26(21)34/h5-14H,1-4H3,(H,31,33). The Kier molecular flexibility index (Phi) is 5.76. The van der Waals surface area contributed by atoms with E-state index in [0.717, 1.165) is 11.1 Å². The van der Waals surface area contributed by atoms with E-state index in [2.05, 4.69) is 16.5 Å². The van der Waals surface area contributed by atoms with Gasteiger partial charge in [0.05, 0.1) is 28.8 Å². The van der Waals surface area contributed by atoms with E-state index >= 15 is 0 Å². The lowest BCUT2D eigenvalue weighted by Gasteiger charge is -2.17. The van der Waals surface area contributed by atoms with Crippen molar-refractivity contribution < 1.29 is 9.18 Å². The van der Waals surface area contributed by atoms with Crippen molar-refractivity contribution >= 4 is 22.4 Å². The number of nitrogens with zero attached hydrogens (tertiary/aromatic N) is 3. The zero-order valence-corrected chi connectivity index (χ0v) is 19.3. The summed E-state index contributed by atoms with van der Waals surface area (Å²) in [4.78, 5) is 25.2. The summed E-state index contributed by atoms with van der Waals surface area (Å²) in [5.41, 5.74) is 2.28. The fraction of sp³-hybridized carbons (Fsp3) is 0.185. The van der Waals surface area contributed by atoms with E-state index in [-0.39, 0.29) is 11.2 Å². The molecule has 0 unspecified atom stereocenters. The largest absolute Gasteiger partial charge is 0.319 e. The van der Waals surface area contributed by atoms with Gasteiger partial charge >= 0.3 is 0 Å². The Hall–Kier alpha value is -4.31. The van der Waals surface area contributed by atoms with Crippen LogP contribution in [0, 0.1) is 24.1 Å². The van der Waals surface area contributed by atoms with Gasteiger partial charge in [-0.15, -0.1) is 0 Å². The van der Waals surface area contributed by atoms with Gasteiger partial charge in [0.2, 0.25) is 0 Å². The SMILES string of the molecule is Cc1cc(F)c(NC(=O)c2cccc(C(C)(C)C#N)c2)cc1-c1ccc2c(=O)n(C)ncc2c1. The van der Waals surface area contributed by atoms with Gasteiger partial charge in [-0.2, -0.15) is 10.4 Å². The molecule has 3 aromatic carbocycles. The molecule has 7 heteroatoms. The number of hydrogen-bond acceptors (Lipinski definition) is 4. The Morgan fingerprint density at radius 1 is 1.15 bits per heavy atom. The van der Waals surface area contributed by atoms with E-state index in [1.165, 1.54) is 10.7 Å². The van der Waals surface area contributed by atoms with Crippen LogP contribution in [0.25, 0.3) is 21.9 Å². The number of anilines is 1. The second-order valence-corrected chi connectivity index (χ2v) is 8.79. The van der Waals surface area contributed by atoms with Crippen molar-refractivity contribution in [3.63, 3.8) is 0 Å². The van der Waals surface area contributed by atoms with E-state index in [1.807, 2.05) is 6.07 Å². The van der Waals surface area contributed by atoms with Gasteiger partial charge in [0.1, 0.15) is 5.82 Å². The smallest absolute Gasteiger partial charge is 0.274 e. The second kappa shape index (κ2) is 8.56. The summed E-state index contributed by atoms with van der Waals surface area (Å²) < 4.78 is 16.1. The molecule has 0 aliphatic heterocycles. The molecule has 1 amide bonds. The van der Waals surface area contributed by atoms with Crippen LogP contribution in [0.5, 0.6) is 0 Å². The van der Waals surface area contributed by atoms with Crippen LogP contribution < -0.4 is 10.9 Å². The number of fused-ring (bicyclic) bond motifs is 1. The molecule has 0 spiro atoms. The van der Waals surface area contributed by atoms with E-state index in [0.29, 0.717) is 27.5 Å². The van der Waals surface area contributed by atoms with Crippen LogP contribution in [0.15, 0.2) is 65.6 Å². The molecule has 6 nitrogen and oxygen atoms in total. The Morgan fingerprint density at radius 3 is 2.65 bits per heavy atom. The average Bonchev–Trinajstić information content (AvgIpc) is 2.83. The molecule has 0 radical (unpaired) electrons. The average molecular weight is 455 g/mol. The minimum Gasteiger partial charge on any atom is -0.319 e. The third-order valence-corrected chi connectivity index (χ3v) is 5.95. The quantitative estimate of drug-likeness (QED) is 0.465. The van der Waals surface area contributed by atoms with Crippen LogP contribution >= 0.6 is 0 Å². The lowest BCUT2D eigenvalue weighted by molar-refractivity contribution is 0.102. The first-order chi connectivity index (χ1) is 16.1. The zero-order chi connectivity index (χ0) is 24.6. The van der Waals surface area contributed by atoms with E-state index in [9.17, 15) is 19.2 Å². The zero-order valence-electron chi connectivity index (χ0n) is 19.3. The van der Waals surface area contributed by atoms with Crippen molar-refractivity contribution in [3.05, 3.63) is 93.7 Å². The van der Waals surface area contributed by atoms with Crippen molar-refractivity contribution in [3.8, 4) is 17.2 Å². The van der Waals surface area contributed by atoms with Gasteiger partial charge in [0, 0.05) is 18.0 Å². The molecule has 0 aliphatic rings. The van der Waals surface area contributed by atoms with Gasteiger partial charge in [0.15, 0.2) is 0 Å². The number of nitriles is 1. The molecule has 4 rings (SSSR count). The van der Waals surface area contributed by atoms with Gasteiger partial charge < -0.3 is 5.32 Å². The van der Waals surface area contributed by atoms with Crippen molar-refractivity contribution in [2.24, 2.45) is 7.05 Å². The van der Waals surface area contributed by atoms with Gasteiger partial charge in [-0.25, -0.2) is 9.07 Å². The summed E-state index contributed by atoms with van der Waals surface area (Å²) in [6.07, 6.45) is 1.61. The Labute approximate surface area is 196 Å². The molecule has 1 heterocycles. The van der Waals surface area contributed by atoms with E-state index < -0.39 is 17.1 Å². The molecule has 0 atom stereocenters. The fourth-order valence-corrected chi connectivity index (χ4v) is 3.80. The molecule has 0 aliphatic carbocycles. The predicted molar refractivity (Wildman–Crippen MR) is 130 cm³/mol. The van der Waals surface area contributed by atoms with Crippen LogP contribution in [-0.4, -0.2) is 15.7 Å². The first kappa shape index (κ1) is 22.9. The first-order valence-electron chi connectivity index (χ1n) is 10.7. The maximum absolute atomic E-state index is 14.8. The summed E-state index contributed by atoms with van der Waals surface area (Å²) >= 11 is 0. The molecule has 1 N–H and O–H groups in total. The van der Waals surface area contributed by atoms with Crippen LogP contribution in [0.2, 0.25) is 0 Å². The number of aryl methyl sites for hydroxylation is 2. The number of carbonyl (C=O) groups is 1. The third-order valence-electron chi connectivity index (χ3n) is 5.95. The number of halogens is 1. The fourth-order valence-electron chi connectivity index (χ4n) is 3.80. The molecular formula is C27H23FN4O2. The van der Waals surface area contributed by atoms with Crippen molar-refractivity contribution in [1.82, 2.24) is 9.78 Å². The Morgan fingerprint density at radius 2 is 1.91 bits per heavy atom. The van der Waals surface area contributed by atoms with Crippen molar-refractivity contribution in [1.29, 1.82) is 5.26 Å². The Balaban J connectivity index is 1.71. The molecule has 0 saturated carbocycles. The number of nitrogens with one attached hydrogen (secondary N) is 1. The van der Waals surface area contributed by atoms with Gasteiger partial charge in [-0.1, -0.05) is 18.2 Å². The molecule has 0 bridgehead atoms. The van der Waals surface area contributed by atoms with Crippen molar-refractivity contribution in [2.75, 3.05) is 5.32 Å². The summed E-state index contributed by atoms with van der Waals surface area (Å²) in [5, 5.41) is 17.3. The number of amides is 1. The highest BCUT2D eigenvalue weighted by Gasteiger charge is 2.21. The van der Waals surface area contributed by atoms with Crippen LogP contribution in [0.1, 0.15) is 35.3 Å². The lowest BCUT2D eigenvalue weighted by atomic mass is 9.85. The maximum atomic E-state index is 14.8. The first-order valence-corrected chi connectivity index (χ1v) is 10.7. The summed E-state index contributed by atoms with van der Waals surface area (Å²) in [6, 6.07) is 17.3. The molecule has 4 aromatic rings. The highest BCUT2D eigenvalue weighted by Crippen LogP contribution is 2.31. The van der Waals surface area contributed by atoms with Gasteiger partial charge in [0.25, 0.3) is 11.5 Å². The van der Waals surface area contributed by atoms with Crippen LogP contribution in [0.3, 0.4) is 0 Å². The third kappa shape index (κ3) is 4.18. The summed E-state index contributed by atoms with van der Waals surface area (Å²) in [5.74, 6) is -1.03. The number of carbonyl (C=O) groups excluding carboxylic acids is 1. The number of benzene rings is 3. The maximum Gasteiger partial charge on any atom is 0.274 e.